The smallest absolute Gasteiger partial charge is 0.235 e. The van der Waals surface area contributed by atoms with E-state index in [1.165, 1.54) is 11.1 Å². The zero-order valence-corrected chi connectivity index (χ0v) is 15.9. The van der Waals surface area contributed by atoms with E-state index in [1.807, 2.05) is 48.9 Å². The van der Waals surface area contributed by atoms with E-state index in [1.54, 1.807) is 4.52 Å². The first-order valence-electron chi connectivity index (χ1n) is 9.67. The number of benzene rings is 2. The molecule has 144 valence electrons. The number of rotatable bonds is 4. The highest BCUT2D eigenvalue weighted by Crippen LogP contribution is 2.26. The van der Waals surface area contributed by atoms with Gasteiger partial charge in [-0.05, 0) is 23.1 Å². The van der Waals surface area contributed by atoms with Gasteiger partial charge in [0.25, 0.3) is 0 Å². The zero-order chi connectivity index (χ0) is 19.8. The summed E-state index contributed by atoms with van der Waals surface area (Å²) in [5, 5.41) is 4.48. The summed E-state index contributed by atoms with van der Waals surface area (Å²) in [5.41, 5.74) is 12.0. The van der Waals surface area contributed by atoms with Gasteiger partial charge in [-0.15, -0.1) is 0 Å². The predicted molar refractivity (Wildman–Crippen MR) is 111 cm³/mol. The van der Waals surface area contributed by atoms with Crippen LogP contribution in [0.2, 0.25) is 0 Å². The Labute approximate surface area is 168 Å². The Kier molecular flexibility index (Phi) is 4.33. The third kappa shape index (κ3) is 3.28. The predicted octanol–water partition coefficient (Wildman–Crippen LogP) is 2.81. The van der Waals surface area contributed by atoms with E-state index in [4.69, 9.17) is 5.73 Å². The largest absolute Gasteiger partial charge is 0.368 e. The van der Waals surface area contributed by atoms with Crippen molar-refractivity contribution < 1.29 is 4.79 Å². The van der Waals surface area contributed by atoms with Crippen LogP contribution >= 0.6 is 0 Å². The second kappa shape index (κ2) is 7.14. The monoisotopic (exact) mass is 383 g/mol. The number of fused-ring (bicyclic) bond motifs is 2. The van der Waals surface area contributed by atoms with Gasteiger partial charge < -0.3 is 5.73 Å². The lowest BCUT2D eigenvalue weighted by Gasteiger charge is -2.35. The van der Waals surface area contributed by atoms with Crippen molar-refractivity contribution >= 4 is 11.6 Å². The number of carbonyl (C=O) groups excluding carboxylic acids is 1. The van der Waals surface area contributed by atoms with Crippen LogP contribution in [0.3, 0.4) is 0 Å². The molecule has 2 aromatic heterocycles. The van der Waals surface area contributed by atoms with Crippen molar-refractivity contribution in [3.63, 3.8) is 0 Å². The molecule has 0 fully saturated rings. The number of aromatic nitrogens is 3. The van der Waals surface area contributed by atoms with E-state index < -0.39 is 0 Å². The minimum atomic E-state index is -0.321. The molecule has 0 bridgehead atoms. The molecule has 1 aliphatic heterocycles. The van der Waals surface area contributed by atoms with Gasteiger partial charge in [-0.25, -0.2) is 9.50 Å². The van der Waals surface area contributed by atoms with E-state index in [-0.39, 0.29) is 11.9 Å². The molecule has 0 unspecified atom stereocenters. The number of primary amides is 1. The number of amides is 1. The lowest BCUT2D eigenvalue weighted by molar-refractivity contribution is -0.124. The Bertz CT molecular complexity index is 1180. The molecule has 0 saturated heterocycles. The summed E-state index contributed by atoms with van der Waals surface area (Å²) < 4.78 is 1.80. The summed E-state index contributed by atoms with van der Waals surface area (Å²) >= 11 is 0. The van der Waals surface area contributed by atoms with Gasteiger partial charge in [0.2, 0.25) is 5.91 Å². The number of carbonyl (C=O) groups is 1. The van der Waals surface area contributed by atoms with Crippen LogP contribution in [0.1, 0.15) is 16.7 Å². The number of hydrogen-bond donors (Lipinski definition) is 1. The fraction of sp³-hybridized carbons (Fsp3) is 0.174. The number of nitrogens with zero attached hydrogens (tertiary/aromatic N) is 4. The summed E-state index contributed by atoms with van der Waals surface area (Å²) in [6, 6.07) is 18.0. The molecule has 0 saturated carbocycles. The van der Waals surface area contributed by atoms with Crippen molar-refractivity contribution in [2.24, 2.45) is 5.73 Å². The summed E-state index contributed by atoms with van der Waals surface area (Å²) in [6.07, 6.45) is 6.32. The molecule has 2 aromatic carbocycles. The molecule has 4 aromatic rings. The van der Waals surface area contributed by atoms with Gasteiger partial charge >= 0.3 is 0 Å². The maximum atomic E-state index is 12.1. The van der Waals surface area contributed by atoms with Gasteiger partial charge in [0, 0.05) is 36.6 Å². The van der Waals surface area contributed by atoms with Crippen LogP contribution in [0.25, 0.3) is 16.8 Å². The van der Waals surface area contributed by atoms with Crippen molar-refractivity contribution in [3.05, 3.63) is 89.9 Å². The lowest BCUT2D eigenvalue weighted by atomic mass is 9.93. The Morgan fingerprint density at radius 3 is 2.59 bits per heavy atom. The molecule has 0 radical (unpaired) electrons. The Morgan fingerprint density at radius 2 is 1.79 bits per heavy atom. The van der Waals surface area contributed by atoms with E-state index in [0.29, 0.717) is 19.5 Å². The topological polar surface area (TPSA) is 76.5 Å². The maximum Gasteiger partial charge on any atom is 0.235 e. The maximum absolute atomic E-state index is 12.1. The van der Waals surface area contributed by atoms with Crippen LogP contribution in [-0.2, 0) is 24.3 Å². The molecule has 1 amide bonds. The van der Waals surface area contributed by atoms with Crippen LogP contribution in [0, 0.1) is 0 Å². The highest BCUT2D eigenvalue weighted by atomic mass is 16.1. The van der Waals surface area contributed by atoms with Crippen LogP contribution < -0.4 is 5.73 Å². The minimum absolute atomic E-state index is 0.293. The van der Waals surface area contributed by atoms with Crippen molar-refractivity contribution in [1.29, 1.82) is 0 Å². The van der Waals surface area contributed by atoms with Gasteiger partial charge in [0.15, 0.2) is 5.65 Å². The van der Waals surface area contributed by atoms with Crippen molar-refractivity contribution in [2.45, 2.75) is 25.6 Å². The Hall–Kier alpha value is -3.51. The average Bonchev–Trinajstić information content (AvgIpc) is 3.17. The molecule has 1 atom stereocenters. The molecule has 1 aliphatic rings. The van der Waals surface area contributed by atoms with Crippen LogP contribution in [0.15, 0.2) is 73.2 Å². The fourth-order valence-electron chi connectivity index (χ4n) is 4.07. The summed E-state index contributed by atoms with van der Waals surface area (Å²) in [4.78, 5) is 18.9. The van der Waals surface area contributed by atoms with Crippen molar-refractivity contribution in [2.75, 3.05) is 0 Å². The van der Waals surface area contributed by atoms with Crippen molar-refractivity contribution in [3.8, 4) is 11.1 Å². The average molecular weight is 383 g/mol. The Morgan fingerprint density at radius 1 is 1.03 bits per heavy atom. The van der Waals surface area contributed by atoms with Gasteiger partial charge in [0.1, 0.15) is 0 Å². The molecule has 3 heterocycles. The van der Waals surface area contributed by atoms with Crippen LogP contribution in [0.4, 0.5) is 0 Å². The molecule has 6 nitrogen and oxygen atoms in total. The van der Waals surface area contributed by atoms with Crippen LogP contribution in [-0.4, -0.2) is 31.4 Å². The van der Waals surface area contributed by atoms with E-state index in [9.17, 15) is 4.79 Å². The minimum Gasteiger partial charge on any atom is -0.368 e. The summed E-state index contributed by atoms with van der Waals surface area (Å²) in [6.45, 7) is 1.28. The first kappa shape index (κ1) is 17.6. The fourth-order valence-corrected chi connectivity index (χ4v) is 4.07. The molecule has 6 heteroatoms. The van der Waals surface area contributed by atoms with Crippen molar-refractivity contribution in [1.82, 2.24) is 19.5 Å². The van der Waals surface area contributed by atoms with Gasteiger partial charge in [-0.3, -0.25) is 9.69 Å². The van der Waals surface area contributed by atoms with Gasteiger partial charge in [0.05, 0.1) is 12.2 Å². The molecule has 29 heavy (non-hydrogen) atoms. The SMILES string of the molecule is NC(=O)[C@@H]1Cc2ccccc2CN1Cc1cnc2c(-c3ccccc3)cnn2c1. The highest BCUT2D eigenvalue weighted by molar-refractivity contribution is 5.80. The quantitative estimate of drug-likeness (QED) is 0.588. The van der Waals surface area contributed by atoms with E-state index in [0.717, 1.165) is 22.3 Å². The van der Waals surface area contributed by atoms with Gasteiger partial charge in [-0.1, -0.05) is 54.6 Å². The first-order chi connectivity index (χ1) is 14.2. The molecule has 0 spiro atoms. The Balaban J connectivity index is 1.45. The van der Waals surface area contributed by atoms with Gasteiger partial charge in [-0.2, -0.15) is 5.10 Å². The highest BCUT2D eigenvalue weighted by Gasteiger charge is 2.30. The lowest BCUT2D eigenvalue weighted by Crippen LogP contribution is -2.48. The molecule has 0 aliphatic carbocycles. The second-order valence-electron chi connectivity index (χ2n) is 7.45. The van der Waals surface area contributed by atoms with E-state index >= 15 is 0 Å². The standard InChI is InChI=1S/C23H21N5O/c24-22(29)21-10-18-8-4-5-9-19(18)15-27(21)13-16-11-25-23-20(12-26-28(23)14-16)17-6-2-1-3-7-17/h1-9,11-12,14,21H,10,13,15H2,(H2,24,29)/t21-/m0/s1. The zero-order valence-electron chi connectivity index (χ0n) is 15.9. The first-order valence-corrected chi connectivity index (χ1v) is 9.67. The molecular formula is C23H21N5O. The number of nitrogens with two attached hydrogens (primary N) is 1. The van der Waals surface area contributed by atoms with E-state index in [2.05, 4.69) is 39.2 Å². The normalized spacial score (nSPS) is 16.6. The third-order valence-corrected chi connectivity index (χ3v) is 5.55. The number of hydrogen-bond acceptors (Lipinski definition) is 4. The summed E-state index contributed by atoms with van der Waals surface area (Å²) in [7, 11) is 0. The molecule has 5 rings (SSSR count). The second-order valence-corrected chi connectivity index (χ2v) is 7.45. The summed E-state index contributed by atoms with van der Waals surface area (Å²) in [5.74, 6) is -0.293. The molecule has 2 N–H and O–H groups in total. The van der Waals surface area contributed by atoms with Crippen LogP contribution in [0.5, 0.6) is 0 Å². The third-order valence-electron chi connectivity index (χ3n) is 5.55. The molecular weight excluding hydrogens is 362 g/mol.